The Bertz CT molecular complexity index is 263. The maximum Gasteiger partial charge on any atom is 0.142 e. The Morgan fingerprint density at radius 2 is 2.15 bits per heavy atom. The summed E-state index contributed by atoms with van der Waals surface area (Å²) >= 11 is 0. The van der Waals surface area contributed by atoms with Crippen LogP contribution < -0.4 is 0 Å². The number of aliphatic hydroxyl groups is 2. The summed E-state index contributed by atoms with van der Waals surface area (Å²) in [6.07, 6.45) is 0.639. The lowest BCUT2D eigenvalue weighted by Gasteiger charge is -2.36. The molecule has 2 aliphatic carbocycles. The highest BCUT2D eigenvalue weighted by Crippen LogP contribution is 2.63. The van der Waals surface area contributed by atoms with Gasteiger partial charge in [-0.3, -0.25) is 4.79 Å². The Labute approximate surface area is 77.8 Å². The molecule has 0 heterocycles. The van der Waals surface area contributed by atoms with E-state index < -0.39 is 16.9 Å². The third kappa shape index (κ3) is 0.754. The lowest BCUT2D eigenvalue weighted by Crippen LogP contribution is -2.44. The second-order valence-corrected chi connectivity index (χ2v) is 4.85. The molecule has 0 aromatic carbocycles. The summed E-state index contributed by atoms with van der Waals surface area (Å²) in [6.45, 7) is 3.71. The van der Waals surface area contributed by atoms with E-state index in [0.717, 1.165) is 0 Å². The zero-order valence-corrected chi connectivity index (χ0v) is 8.08. The molecule has 2 fully saturated rings. The summed E-state index contributed by atoms with van der Waals surface area (Å²) in [6, 6.07) is 0. The molecule has 0 unspecified atom stereocenters. The van der Waals surface area contributed by atoms with Crippen LogP contribution in [0, 0.1) is 16.7 Å². The zero-order chi connectivity index (χ0) is 9.85. The average Bonchev–Trinajstić information content (AvgIpc) is 2.38. The maximum absolute atomic E-state index is 11.7. The monoisotopic (exact) mass is 184 g/mol. The number of fused-ring (bicyclic) bond motifs is 2. The van der Waals surface area contributed by atoms with Crippen LogP contribution in [0.1, 0.15) is 26.7 Å². The molecule has 3 nitrogen and oxygen atoms in total. The van der Waals surface area contributed by atoms with Gasteiger partial charge in [0.1, 0.15) is 5.78 Å². The predicted molar refractivity (Wildman–Crippen MR) is 47.0 cm³/mol. The van der Waals surface area contributed by atoms with Crippen LogP contribution in [0.15, 0.2) is 0 Å². The van der Waals surface area contributed by atoms with Gasteiger partial charge in [0, 0.05) is 18.4 Å². The van der Waals surface area contributed by atoms with E-state index in [1.807, 2.05) is 6.92 Å². The van der Waals surface area contributed by atoms with E-state index in [2.05, 4.69) is 0 Å². The van der Waals surface area contributed by atoms with Crippen LogP contribution in [0.3, 0.4) is 0 Å². The minimum atomic E-state index is -0.702. The van der Waals surface area contributed by atoms with Crippen LogP contribution >= 0.6 is 0 Å². The van der Waals surface area contributed by atoms with Gasteiger partial charge in [0.05, 0.1) is 11.5 Å². The van der Waals surface area contributed by atoms with Gasteiger partial charge in [-0.1, -0.05) is 6.92 Å². The zero-order valence-electron chi connectivity index (χ0n) is 8.08. The van der Waals surface area contributed by atoms with Crippen LogP contribution in [-0.2, 0) is 4.79 Å². The molecule has 0 spiro atoms. The number of aliphatic hydroxyl groups excluding tert-OH is 2. The van der Waals surface area contributed by atoms with Crippen LogP contribution in [-0.4, -0.2) is 28.7 Å². The van der Waals surface area contributed by atoms with Crippen molar-refractivity contribution >= 4 is 5.78 Å². The Hall–Kier alpha value is -0.410. The fraction of sp³-hybridized carbons (Fsp3) is 0.900. The fourth-order valence-electron chi connectivity index (χ4n) is 3.11. The van der Waals surface area contributed by atoms with Gasteiger partial charge < -0.3 is 10.2 Å². The molecule has 3 heteroatoms. The van der Waals surface area contributed by atoms with Crippen molar-refractivity contribution in [3.8, 4) is 0 Å². The van der Waals surface area contributed by atoms with Gasteiger partial charge in [-0.15, -0.1) is 0 Å². The standard InChI is InChI=1S/C10H16O3/c1-9(5-11)6-3-7(12)10(9,2)8(13)4-6/h6-7,11-12H,3-5H2,1-2H3/t6-,7-,9+,10+/m0/s1. The van der Waals surface area contributed by atoms with Crippen LogP contribution in [0.2, 0.25) is 0 Å². The quantitative estimate of drug-likeness (QED) is 0.618. The van der Waals surface area contributed by atoms with E-state index in [1.165, 1.54) is 0 Å². The number of ketones is 1. The third-order valence-corrected chi connectivity index (χ3v) is 4.60. The van der Waals surface area contributed by atoms with Gasteiger partial charge in [0.25, 0.3) is 0 Å². The summed E-state index contributed by atoms with van der Waals surface area (Å²) < 4.78 is 0. The van der Waals surface area contributed by atoms with Crippen molar-refractivity contribution in [3.05, 3.63) is 0 Å². The first-order valence-electron chi connectivity index (χ1n) is 4.79. The summed E-state index contributed by atoms with van der Waals surface area (Å²) in [4.78, 5) is 11.7. The maximum atomic E-state index is 11.7. The van der Waals surface area contributed by atoms with Crippen LogP contribution in [0.4, 0.5) is 0 Å². The molecule has 0 radical (unpaired) electrons. The Morgan fingerprint density at radius 1 is 1.54 bits per heavy atom. The van der Waals surface area contributed by atoms with Gasteiger partial charge >= 0.3 is 0 Å². The van der Waals surface area contributed by atoms with E-state index in [9.17, 15) is 15.0 Å². The molecular formula is C10H16O3. The number of carbonyl (C=O) groups excluding carboxylic acids is 1. The van der Waals surface area contributed by atoms with E-state index >= 15 is 0 Å². The highest BCUT2D eigenvalue weighted by Gasteiger charge is 2.68. The SMILES string of the molecule is C[C@]12C(=O)C[C@H](C[C@@H]1O)[C@@]2(C)CO. The molecular weight excluding hydrogens is 168 g/mol. The molecule has 74 valence electrons. The molecule has 13 heavy (non-hydrogen) atoms. The Kier molecular flexibility index (Phi) is 1.65. The van der Waals surface area contributed by atoms with Crippen molar-refractivity contribution in [1.29, 1.82) is 0 Å². The topological polar surface area (TPSA) is 57.5 Å². The summed E-state index contributed by atoms with van der Waals surface area (Å²) in [5.74, 6) is 0.290. The lowest BCUT2D eigenvalue weighted by molar-refractivity contribution is -0.137. The second kappa shape index (κ2) is 2.34. The van der Waals surface area contributed by atoms with Gasteiger partial charge in [0.15, 0.2) is 0 Å². The van der Waals surface area contributed by atoms with Gasteiger partial charge in [0.2, 0.25) is 0 Å². The minimum absolute atomic E-state index is 0.00301. The molecule has 2 bridgehead atoms. The number of carbonyl (C=O) groups is 1. The van der Waals surface area contributed by atoms with Crippen LogP contribution in [0.25, 0.3) is 0 Å². The Balaban J connectivity index is 2.49. The number of hydrogen-bond acceptors (Lipinski definition) is 3. The van der Waals surface area contributed by atoms with Gasteiger partial charge in [-0.05, 0) is 19.3 Å². The molecule has 4 atom stereocenters. The molecule has 0 saturated heterocycles. The molecule has 0 aromatic rings. The van der Waals surface area contributed by atoms with E-state index in [-0.39, 0.29) is 18.3 Å². The molecule has 2 saturated carbocycles. The number of rotatable bonds is 1. The molecule has 2 rings (SSSR count). The summed E-state index contributed by atoms with van der Waals surface area (Å²) in [5, 5.41) is 19.1. The average molecular weight is 184 g/mol. The number of hydrogen-bond donors (Lipinski definition) is 2. The first-order valence-corrected chi connectivity index (χ1v) is 4.79. The second-order valence-electron chi connectivity index (χ2n) is 4.85. The normalized spacial score (nSPS) is 54.6. The smallest absolute Gasteiger partial charge is 0.142 e. The van der Waals surface area contributed by atoms with Crippen LogP contribution in [0.5, 0.6) is 0 Å². The highest BCUT2D eigenvalue weighted by atomic mass is 16.3. The largest absolute Gasteiger partial charge is 0.396 e. The first kappa shape index (κ1) is 9.16. The van der Waals surface area contributed by atoms with E-state index in [0.29, 0.717) is 12.8 Å². The van der Waals surface area contributed by atoms with Gasteiger partial charge in [-0.2, -0.15) is 0 Å². The molecule has 2 N–H and O–H groups in total. The molecule has 0 aliphatic heterocycles. The lowest BCUT2D eigenvalue weighted by atomic mass is 9.68. The molecule has 0 amide bonds. The molecule has 0 aromatic heterocycles. The summed E-state index contributed by atoms with van der Waals surface area (Å²) in [5.41, 5.74) is -1.10. The van der Waals surface area contributed by atoms with Crippen molar-refractivity contribution in [2.24, 2.45) is 16.7 Å². The highest BCUT2D eigenvalue weighted by molar-refractivity contribution is 5.90. The van der Waals surface area contributed by atoms with E-state index in [4.69, 9.17) is 0 Å². The predicted octanol–water partition coefficient (Wildman–Crippen LogP) is 0.345. The fourth-order valence-corrected chi connectivity index (χ4v) is 3.11. The summed E-state index contributed by atoms with van der Waals surface area (Å²) in [7, 11) is 0. The minimum Gasteiger partial charge on any atom is -0.396 e. The Morgan fingerprint density at radius 3 is 2.46 bits per heavy atom. The van der Waals surface area contributed by atoms with Crippen molar-refractivity contribution in [2.75, 3.05) is 6.61 Å². The first-order chi connectivity index (χ1) is 5.96. The van der Waals surface area contributed by atoms with E-state index in [1.54, 1.807) is 6.92 Å². The third-order valence-electron chi connectivity index (χ3n) is 4.60. The van der Waals surface area contributed by atoms with Gasteiger partial charge in [-0.25, -0.2) is 0 Å². The molecule has 2 aliphatic rings. The van der Waals surface area contributed by atoms with Crippen molar-refractivity contribution in [1.82, 2.24) is 0 Å². The van der Waals surface area contributed by atoms with Crippen molar-refractivity contribution in [3.63, 3.8) is 0 Å². The van der Waals surface area contributed by atoms with Crippen molar-refractivity contribution < 1.29 is 15.0 Å². The number of Topliss-reactive ketones (excluding diaryl/α,β-unsaturated/α-hetero) is 1. The van der Waals surface area contributed by atoms with Crippen molar-refractivity contribution in [2.45, 2.75) is 32.8 Å².